The molecule has 0 radical (unpaired) electrons. The lowest BCUT2D eigenvalue weighted by Gasteiger charge is -2.46. The SMILES string of the molecule is Cc1cc2c3c(c1)N(c1cc(-c4ccccc4)c(C(C)(C)C)cc1-c1ccccc1)c1cc4c(cc1B3c1ccc(C(C)(C)C)cc1N2c1cccc(C(C)(C)C)c1)C(C)(C)CC4(C)C. The van der Waals surface area contributed by atoms with Crippen molar-refractivity contribution in [1.82, 2.24) is 0 Å². The van der Waals surface area contributed by atoms with E-state index >= 15 is 0 Å². The Kier molecular flexibility index (Phi) is 9.69. The Morgan fingerprint density at radius 1 is 0.446 bits per heavy atom. The van der Waals surface area contributed by atoms with Crippen LogP contribution in [0.15, 0.2) is 140 Å². The standard InChI is InChI=1S/C62H67BN2/c1-39-30-55-57-56(31-39)65(52-35-45(40-22-17-15-18-23-40)47(60(8,9)10)34-46(52)41-24-19-16-20-25-41)54-37-49-48(61(11,12)38-62(49,13)14)36-51(54)63(57)50-29-28-43(59(5,6)7)33-53(50)64(55)44-27-21-26-42(32-44)58(2,3)4/h15-37H,38H2,1-14H3. The summed E-state index contributed by atoms with van der Waals surface area (Å²) in [6, 6.07) is 54.3. The number of fused-ring (bicyclic) bond motifs is 5. The highest BCUT2D eigenvalue weighted by Gasteiger charge is 2.48. The molecule has 0 N–H and O–H groups in total. The van der Waals surface area contributed by atoms with Crippen LogP contribution in [0.4, 0.5) is 34.1 Å². The number of aryl methyl sites for hydroxylation is 1. The predicted octanol–water partition coefficient (Wildman–Crippen LogP) is 15.3. The van der Waals surface area contributed by atoms with E-state index in [2.05, 4.69) is 246 Å². The highest BCUT2D eigenvalue weighted by Crippen LogP contribution is 2.54. The van der Waals surface area contributed by atoms with Crippen molar-refractivity contribution in [1.29, 1.82) is 0 Å². The highest BCUT2D eigenvalue weighted by atomic mass is 15.2. The van der Waals surface area contributed by atoms with E-state index in [-0.39, 0.29) is 33.8 Å². The summed E-state index contributed by atoms with van der Waals surface area (Å²) in [6.45, 7) is 33.3. The Hall–Kier alpha value is -5.80. The molecular weight excluding hydrogens is 784 g/mol. The third kappa shape index (κ3) is 7.08. The number of anilines is 6. The first-order valence-corrected chi connectivity index (χ1v) is 24.0. The molecule has 0 fully saturated rings. The molecule has 0 saturated heterocycles. The minimum absolute atomic E-state index is 0.00331. The van der Waals surface area contributed by atoms with Crippen LogP contribution < -0.4 is 26.2 Å². The van der Waals surface area contributed by atoms with E-state index < -0.39 is 0 Å². The van der Waals surface area contributed by atoms with Gasteiger partial charge in [0, 0.05) is 34.0 Å². The van der Waals surface area contributed by atoms with Gasteiger partial charge in [-0.15, -0.1) is 0 Å². The van der Waals surface area contributed by atoms with Crippen LogP contribution in [0.3, 0.4) is 0 Å². The fraction of sp³-hybridized carbons (Fsp3) is 0.323. The fourth-order valence-corrected chi connectivity index (χ4v) is 11.8. The Morgan fingerprint density at radius 2 is 1.00 bits per heavy atom. The molecule has 2 nitrogen and oxygen atoms in total. The maximum absolute atomic E-state index is 2.69. The lowest BCUT2D eigenvalue weighted by atomic mass is 9.33. The fourth-order valence-electron chi connectivity index (χ4n) is 11.8. The van der Waals surface area contributed by atoms with Gasteiger partial charge in [-0.25, -0.2) is 0 Å². The second-order valence-corrected chi connectivity index (χ2v) is 23.9. The molecule has 0 spiro atoms. The number of nitrogens with zero attached hydrogens (tertiary/aromatic N) is 2. The molecule has 1 aliphatic carbocycles. The van der Waals surface area contributed by atoms with Crippen molar-refractivity contribution in [2.24, 2.45) is 0 Å². The zero-order valence-electron chi connectivity index (χ0n) is 41.5. The molecule has 2 heterocycles. The van der Waals surface area contributed by atoms with Crippen LogP contribution in [0, 0.1) is 6.92 Å². The predicted molar refractivity (Wildman–Crippen MR) is 283 cm³/mol. The first-order chi connectivity index (χ1) is 30.5. The summed E-state index contributed by atoms with van der Waals surface area (Å²) in [6.07, 6.45) is 1.11. The van der Waals surface area contributed by atoms with Gasteiger partial charge in [-0.1, -0.05) is 181 Å². The molecule has 0 unspecified atom stereocenters. The van der Waals surface area contributed by atoms with Crippen molar-refractivity contribution in [2.75, 3.05) is 9.80 Å². The molecule has 0 amide bonds. The topological polar surface area (TPSA) is 6.48 Å². The zero-order chi connectivity index (χ0) is 46.2. The van der Waals surface area contributed by atoms with E-state index in [0.29, 0.717) is 0 Å². The summed E-state index contributed by atoms with van der Waals surface area (Å²) < 4.78 is 0. The van der Waals surface area contributed by atoms with Crippen LogP contribution in [0.25, 0.3) is 22.3 Å². The van der Waals surface area contributed by atoms with Crippen molar-refractivity contribution in [3.05, 3.63) is 173 Å². The molecule has 0 atom stereocenters. The minimum Gasteiger partial charge on any atom is -0.311 e. The summed E-state index contributed by atoms with van der Waals surface area (Å²) >= 11 is 0. The van der Waals surface area contributed by atoms with Crippen LogP contribution in [0.5, 0.6) is 0 Å². The van der Waals surface area contributed by atoms with Gasteiger partial charge < -0.3 is 9.80 Å². The summed E-state index contributed by atoms with van der Waals surface area (Å²) in [4.78, 5) is 5.31. The molecule has 7 aromatic rings. The Morgan fingerprint density at radius 3 is 1.60 bits per heavy atom. The van der Waals surface area contributed by atoms with E-state index in [1.165, 1.54) is 106 Å². The normalized spacial score (nSPS) is 15.9. The highest BCUT2D eigenvalue weighted by molar-refractivity contribution is 7.00. The summed E-state index contributed by atoms with van der Waals surface area (Å²) in [5, 5.41) is 0. The summed E-state index contributed by atoms with van der Waals surface area (Å²) in [7, 11) is 0. The molecule has 0 aromatic heterocycles. The van der Waals surface area contributed by atoms with Crippen LogP contribution >= 0.6 is 0 Å². The lowest BCUT2D eigenvalue weighted by molar-refractivity contribution is 0.403. The van der Waals surface area contributed by atoms with Gasteiger partial charge in [-0.05, 0) is 155 Å². The second kappa shape index (κ2) is 14.6. The average molecular weight is 851 g/mol. The van der Waals surface area contributed by atoms with Gasteiger partial charge in [0.05, 0.1) is 5.69 Å². The van der Waals surface area contributed by atoms with E-state index in [0.717, 1.165) is 6.42 Å². The van der Waals surface area contributed by atoms with Crippen LogP contribution in [-0.4, -0.2) is 6.71 Å². The van der Waals surface area contributed by atoms with Crippen LogP contribution in [-0.2, 0) is 27.1 Å². The van der Waals surface area contributed by atoms with E-state index in [1.54, 1.807) is 0 Å². The van der Waals surface area contributed by atoms with Crippen molar-refractivity contribution in [3.8, 4) is 22.3 Å². The third-order valence-electron chi connectivity index (χ3n) is 14.9. The van der Waals surface area contributed by atoms with Gasteiger partial charge in [-0.3, -0.25) is 0 Å². The molecule has 0 saturated carbocycles. The van der Waals surface area contributed by atoms with Crippen LogP contribution in [0.2, 0.25) is 0 Å². The van der Waals surface area contributed by atoms with Gasteiger partial charge in [-0.2, -0.15) is 0 Å². The van der Waals surface area contributed by atoms with Crippen molar-refractivity contribution in [3.63, 3.8) is 0 Å². The number of rotatable bonds is 4. The van der Waals surface area contributed by atoms with E-state index in [4.69, 9.17) is 0 Å². The smallest absolute Gasteiger partial charge is 0.252 e. The minimum atomic E-state index is -0.102. The van der Waals surface area contributed by atoms with Crippen molar-refractivity contribution >= 4 is 57.2 Å². The van der Waals surface area contributed by atoms with Gasteiger partial charge >= 0.3 is 0 Å². The van der Waals surface area contributed by atoms with Gasteiger partial charge in [0.15, 0.2) is 0 Å². The number of hydrogen-bond acceptors (Lipinski definition) is 2. The maximum atomic E-state index is 2.69. The lowest BCUT2D eigenvalue weighted by Crippen LogP contribution is -2.61. The molecule has 10 rings (SSSR count). The molecule has 7 aromatic carbocycles. The number of hydrogen-bond donors (Lipinski definition) is 0. The molecule has 0 bridgehead atoms. The summed E-state index contributed by atoms with van der Waals surface area (Å²) in [5.41, 5.74) is 24.8. The molecule has 2 aliphatic heterocycles. The van der Waals surface area contributed by atoms with Gasteiger partial charge in [0.25, 0.3) is 6.71 Å². The van der Waals surface area contributed by atoms with E-state index in [9.17, 15) is 0 Å². The summed E-state index contributed by atoms with van der Waals surface area (Å²) in [5.74, 6) is 0. The van der Waals surface area contributed by atoms with Crippen molar-refractivity contribution < 1.29 is 0 Å². The van der Waals surface area contributed by atoms with E-state index in [1.807, 2.05) is 0 Å². The number of benzene rings is 7. The van der Waals surface area contributed by atoms with Crippen LogP contribution in [0.1, 0.15) is 130 Å². The zero-order valence-corrected chi connectivity index (χ0v) is 41.5. The molecule has 328 valence electrons. The average Bonchev–Trinajstić information content (AvgIpc) is 3.43. The first-order valence-electron chi connectivity index (χ1n) is 24.0. The monoisotopic (exact) mass is 851 g/mol. The Bertz CT molecular complexity index is 3020. The van der Waals surface area contributed by atoms with Gasteiger partial charge in [0.2, 0.25) is 0 Å². The quantitative estimate of drug-likeness (QED) is 0.163. The molecule has 3 heteroatoms. The molecule has 65 heavy (non-hydrogen) atoms. The third-order valence-corrected chi connectivity index (χ3v) is 14.9. The Labute approximate surface area is 390 Å². The van der Waals surface area contributed by atoms with Gasteiger partial charge in [0.1, 0.15) is 0 Å². The first kappa shape index (κ1) is 43.1. The molecular formula is C62H67BN2. The van der Waals surface area contributed by atoms with Crippen molar-refractivity contribution in [2.45, 2.75) is 130 Å². The second-order valence-electron chi connectivity index (χ2n) is 23.9. The maximum Gasteiger partial charge on any atom is 0.252 e. The molecule has 3 aliphatic rings. The largest absolute Gasteiger partial charge is 0.311 e. The Balaban J connectivity index is 1.37.